The molecular formula is C12H25NO. The molecule has 0 aromatic heterocycles. The van der Waals surface area contributed by atoms with Gasteiger partial charge in [-0.1, -0.05) is 19.8 Å². The smallest absolute Gasteiger partial charge is 0.0431 e. The SMILES string of the molecule is CCCCN1CCCCC1CCCO. The van der Waals surface area contributed by atoms with Crippen LogP contribution in [0.4, 0.5) is 0 Å². The Balaban J connectivity index is 2.26. The van der Waals surface area contributed by atoms with Gasteiger partial charge in [0, 0.05) is 12.6 Å². The fourth-order valence-corrected chi connectivity index (χ4v) is 2.37. The fraction of sp³-hybridized carbons (Fsp3) is 1.00. The van der Waals surface area contributed by atoms with E-state index in [2.05, 4.69) is 11.8 Å². The number of hydrogen-bond donors (Lipinski definition) is 1. The van der Waals surface area contributed by atoms with Gasteiger partial charge in [-0.3, -0.25) is 0 Å². The molecule has 84 valence electrons. The van der Waals surface area contributed by atoms with E-state index in [1.807, 2.05) is 0 Å². The highest BCUT2D eigenvalue weighted by molar-refractivity contribution is 4.76. The number of nitrogens with zero attached hydrogens (tertiary/aromatic N) is 1. The number of unbranched alkanes of at least 4 members (excludes halogenated alkanes) is 1. The third-order valence-corrected chi connectivity index (χ3v) is 3.24. The van der Waals surface area contributed by atoms with E-state index in [0.29, 0.717) is 6.61 Å². The maximum absolute atomic E-state index is 8.84. The van der Waals surface area contributed by atoms with Crippen molar-refractivity contribution in [1.29, 1.82) is 0 Å². The highest BCUT2D eigenvalue weighted by atomic mass is 16.2. The van der Waals surface area contributed by atoms with Crippen LogP contribution in [0.15, 0.2) is 0 Å². The highest BCUT2D eigenvalue weighted by Crippen LogP contribution is 2.20. The molecule has 0 aliphatic carbocycles. The molecule has 0 radical (unpaired) electrons. The van der Waals surface area contributed by atoms with E-state index in [9.17, 15) is 0 Å². The molecule has 1 atom stereocenters. The molecule has 1 saturated heterocycles. The number of likely N-dealkylation sites (tertiary alicyclic amines) is 1. The molecule has 14 heavy (non-hydrogen) atoms. The Morgan fingerprint density at radius 1 is 1.29 bits per heavy atom. The molecule has 0 spiro atoms. The first-order chi connectivity index (χ1) is 6.88. The summed E-state index contributed by atoms with van der Waals surface area (Å²) in [5.41, 5.74) is 0. The van der Waals surface area contributed by atoms with E-state index in [1.54, 1.807) is 0 Å². The van der Waals surface area contributed by atoms with Crippen molar-refractivity contribution in [3.8, 4) is 0 Å². The summed E-state index contributed by atoms with van der Waals surface area (Å²) in [6.07, 6.45) is 8.91. The molecule has 1 heterocycles. The molecular weight excluding hydrogens is 174 g/mol. The summed E-state index contributed by atoms with van der Waals surface area (Å²) in [4.78, 5) is 2.64. The maximum atomic E-state index is 8.84. The Bertz CT molecular complexity index is 122. The van der Waals surface area contributed by atoms with Crippen LogP contribution in [-0.4, -0.2) is 35.7 Å². The van der Waals surface area contributed by atoms with Crippen molar-refractivity contribution in [3.05, 3.63) is 0 Å². The van der Waals surface area contributed by atoms with Gasteiger partial charge in [0.05, 0.1) is 0 Å². The topological polar surface area (TPSA) is 23.5 Å². The second-order valence-electron chi connectivity index (χ2n) is 4.40. The van der Waals surface area contributed by atoms with Crippen LogP contribution in [0.3, 0.4) is 0 Å². The molecule has 0 aromatic rings. The minimum Gasteiger partial charge on any atom is -0.396 e. The van der Waals surface area contributed by atoms with Gasteiger partial charge in [-0.2, -0.15) is 0 Å². The van der Waals surface area contributed by atoms with Crippen LogP contribution < -0.4 is 0 Å². The molecule has 0 amide bonds. The van der Waals surface area contributed by atoms with Crippen molar-refractivity contribution in [2.75, 3.05) is 19.7 Å². The quantitative estimate of drug-likeness (QED) is 0.710. The van der Waals surface area contributed by atoms with Gasteiger partial charge in [0.15, 0.2) is 0 Å². The summed E-state index contributed by atoms with van der Waals surface area (Å²) in [6.45, 7) is 5.17. The second-order valence-corrected chi connectivity index (χ2v) is 4.40. The summed E-state index contributed by atoms with van der Waals surface area (Å²) < 4.78 is 0. The zero-order chi connectivity index (χ0) is 10.2. The molecule has 1 aliphatic heterocycles. The first-order valence-electron chi connectivity index (χ1n) is 6.23. The zero-order valence-electron chi connectivity index (χ0n) is 9.54. The molecule has 1 N–H and O–H groups in total. The molecule has 1 unspecified atom stereocenters. The standard InChI is InChI=1S/C12H25NO/c1-2-3-9-13-10-5-4-7-12(13)8-6-11-14/h12,14H,2-11H2,1H3. The summed E-state index contributed by atoms with van der Waals surface area (Å²) in [7, 11) is 0. The minimum absolute atomic E-state index is 0.359. The van der Waals surface area contributed by atoms with Gasteiger partial charge in [0.2, 0.25) is 0 Å². The van der Waals surface area contributed by atoms with Crippen molar-refractivity contribution < 1.29 is 5.11 Å². The van der Waals surface area contributed by atoms with Gasteiger partial charge >= 0.3 is 0 Å². The van der Waals surface area contributed by atoms with Gasteiger partial charge in [0.1, 0.15) is 0 Å². The van der Waals surface area contributed by atoms with Gasteiger partial charge in [-0.15, -0.1) is 0 Å². The first kappa shape index (κ1) is 12.0. The molecule has 0 saturated carbocycles. The lowest BCUT2D eigenvalue weighted by Crippen LogP contribution is -2.40. The molecule has 0 bridgehead atoms. The van der Waals surface area contributed by atoms with Crippen molar-refractivity contribution in [2.24, 2.45) is 0 Å². The van der Waals surface area contributed by atoms with Gasteiger partial charge in [-0.25, -0.2) is 0 Å². The monoisotopic (exact) mass is 199 g/mol. The molecule has 1 rings (SSSR count). The largest absolute Gasteiger partial charge is 0.396 e. The fourth-order valence-electron chi connectivity index (χ4n) is 2.37. The average molecular weight is 199 g/mol. The summed E-state index contributed by atoms with van der Waals surface area (Å²) in [5, 5.41) is 8.84. The molecule has 1 aliphatic rings. The van der Waals surface area contributed by atoms with Gasteiger partial charge in [-0.05, 0) is 45.2 Å². The Morgan fingerprint density at radius 3 is 2.86 bits per heavy atom. The minimum atomic E-state index is 0.359. The molecule has 2 nitrogen and oxygen atoms in total. The highest BCUT2D eigenvalue weighted by Gasteiger charge is 2.20. The molecule has 2 heteroatoms. The lowest BCUT2D eigenvalue weighted by atomic mass is 9.98. The number of aliphatic hydroxyl groups is 1. The third kappa shape index (κ3) is 3.97. The third-order valence-electron chi connectivity index (χ3n) is 3.24. The summed E-state index contributed by atoms with van der Waals surface area (Å²) >= 11 is 0. The zero-order valence-corrected chi connectivity index (χ0v) is 9.54. The summed E-state index contributed by atoms with van der Waals surface area (Å²) in [5.74, 6) is 0. The average Bonchev–Trinajstić information content (AvgIpc) is 2.24. The van der Waals surface area contributed by atoms with Crippen molar-refractivity contribution >= 4 is 0 Å². The number of aliphatic hydroxyl groups excluding tert-OH is 1. The summed E-state index contributed by atoms with van der Waals surface area (Å²) in [6, 6.07) is 0.766. The Labute approximate surface area is 88.3 Å². The van der Waals surface area contributed by atoms with E-state index in [-0.39, 0.29) is 0 Å². The number of piperidine rings is 1. The van der Waals surface area contributed by atoms with Gasteiger partial charge in [0.25, 0.3) is 0 Å². The normalized spacial score (nSPS) is 24.0. The van der Waals surface area contributed by atoms with Crippen LogP contribution >= 0.6 is 0 Å². The van der Waals surface area contributed by atoms with Crippen LogP contribution in [0.1, 0.15) is 51.9 Å². The van der Waals surface area contributed by atoms with Crippen LogP contribution in [0.25, 0.3) is 0 Å². The van der Waals surface area contributed by atoms with E-state index in [0.717, 1.165) is 12.5 Å². The van der Waals surface area contributed by atoms with Crippen molar-refractivity contribution in [3.63, 3.8) is 0 Å². The predicted octanol–water partition coefficient (Wildman–Crippen LogP) is 2.41. The Hall–Kier alpha value is -0.0800. The maximum Gasteiger partial charge on any atom is 0.0431 e. The number of hydrogen-bond acceptors (Lipinski definition) is 2. The Kier molecular flexibility index (Phi) is 6.20. The second kappa shape index (κ2) is 7.24. The predicted molar refractivity (Wildman–Crippen MR) is 60.4 cm³/mol. The van der Waals surface area contributed by atoms with E-state index < -0.39 is 0 Å². The van der Waals surface area contributed by atoms with Crippen molar-refractivity contribution in [2.45, 2.75) is 57.9 Å². The van der Waals surface area contributed by atoms with E-state index in [4.69, 9.17) is 5.11 Å². The van der Waals surface area contributed by atoms with Crippen LogP contribution in [0, 0.1) is 0 Å². The van der Waals surface area contributed by atoms with Crippen LogP contribution in [-0.2, 0) is 0 Å². The first-order valence-corrected chi connectivity index (χ1v) is 6.23. The number of rotatable bonds is 6. The van der Waals surface area contributed by atoms with Crippen LogP contribution in [0.5, 0.6) is 0 Å². The lowest BCUT2D eigenvalue weighted by Gasteiger charge is -2.35. The van der Waals surface area contributed by atoms with Gasteiger partial charge < -0.3 is 10.0 Å². The van der Waals surface area contributed by atoms with E-state index in [1.165, 1.54) is 51.6 Å². The molecule has 0 aromatic carbocycles. The molecule has 1 fully saturated rings. The lowest BCUT2D eigenvalue weighted by molar-refractivity contribution is 0.129. The van der Waals surface area contributed by atoms with E-state index >= 15 is 0 Å². The Morgan fingerprint density at radius 2 is 2.14 bits per heavy atom. The van der Waals surface area contributed by atoms with Crippen LogP contribution in [0.2, 0.25) is 0 Å². The van der Waals surface area contributed by atoms with Crippen molar-refractivity contribution in [1.82, 2.24) is 4.90 Å².